The normalized spacial score (nSPS) is 14.2. The Hall–Kier alpha value is -3.65. The fourth-order valence-electron chi connectivity index (χ4n) is 5.02. The Morgan fingerprint density at radius 1 is 1.08 bits per heavy atom. The van der Waals surface area contributed by atoms with E-state index in [1.54, 1.807) is 25.3 Å². The van der Waals surface area contributed by atoms with E-state index in [0.717, 1.165) is 42.5 Å². The first kappa shape index (κ1) is 24.1. The third-order valence-corrected chi connectivity index (χ3v) is 7.93. The molecule has 0 aliphatic heterocycles. The largest absolute Gasteiger partial charge is 0.464 e. The number of carbonyl (C=O) groups excluding carboxylic acids is 2. The number of hydrogen-bond acceptors (Lipinski definition) is 6. The maximum absolute atomic E-state index is 13.6. The Labute approximate surface area is 214 Å². The molecule has 3 heterocycles. The summed E-state index contributed by atoms with van der Waals surface area (Å²) in [4.78, 5) is 32.6. The van der Waals surface area contributed by atoms with Crippen molar-refractivity contribution in [3.63, 3.8) is 0 Å². The first-order valence-electron chi connectivity index (χ1n) is 12.3. The summed E-state index contributed by atoms with van der Waals surface area (Å²) in [6.45, 7) is 5.76. The molecule has 8 heteroatoms. The summed E-state index contributed by atoms with van der Waals surface area (Å²) >= 11 is 1.25. The van der Waals surface area contributed by atoms with Gasteiger partial charge in [0.25, 0.3) is 11.8 Å². The van der Waals surface area contributed by atoms with Crippen LogP contribution in [0.15, 0.2) is 41.0 Å². The minimum atomic E-state index is -0.306. The van der Waals surface area contributed by atoms with Gasteiger partial charge in [-0.1, -0.05) is 37.0 Å². The quantitative estimate of drug-likeness (QED) is 0.293. The molecule has 4 N–H and O–H groups in total. The fourth-order valence-corrected chi connectivity index (χ4v) is 6.07. The van der Waals surface area contributed by atoms with Gasteiger partial charge in [0, 0.05) is 22.7 Å². The van der Waals surface area contributed by atoms with Crippen LogP contribution in [0.2, 0.25) is 0 Å². The first-order valence-corrected chi connectivity index (χ1v) is 13.1. The number of carbonyl (C=O) groups is 2. The smallest absolute Gasteiger partial charge is 0.263 e. The van der Waals surface area contributed by atoms with Crippen LogP contribution in [-0.4, -0.2) is 22.8 Å². The molecule has 1 saturated carbocycles. The lowest BCUT2D eigenvalue weighted by molar-refractivity contribution is 0.0932. The molecular formula is C28H30N4O3S. The molecule has 0 radical (unpaired) electrons. The number of nitrogen functional groups attached to an aromatic ring is 1. The minimum Gasteiger partial charge on any atom is -0.464 e. The maximum Gasteiger partial charge on any atom is 0.263 e. The highest BCUT2D eigenvalue weighted by molar-refractivity contribution is 7.21. The van der Waals surface area contributed by atoms with Gasteiger partial charge >= 0.3 is 0 Å². The molecule has 2 amide bonds. The summed E-state index contributed by atoms with van der Waals surface area (Å²) in [5.74, 6) is 0.00538. The van der Waals surface area contributed by atoms with Gasteiger partial charge in [-0.05, 0) is 57.4 Å². The number of pyridine rings is 1. The summed E-state index contributed by atoms with van der Waals surface area (Å²) in [5.41, 5.74) is 11.2. The monoisotopic (exact) mass is 502 g/mol. The average Bonchev–Trinajstić information content (AvgIpc) is 3.49. The van der Waals surface area contributed by atoms with Crippen molar-refractivity contribution in [2.75, 3.05) is 11.1 Å². The van der Waals surface area contributed by atoms with E-state index in [1.165, 1.54) is 17.8 Å². The summed E-state index contributed by atoms with van der Waals surface area (Å²) in [5, 5.41) is 6.74. The molecule has 1 aliphatic carbocycles. The summed E-state index contributed by atoms with van der Waals surface area (Å²) in [6, 6.07) is 9.59. The lowest BCUT2D eigenvalue weighted by atomic mass is 9.95. The molecule has 0 saturated heterocycles. The van der Waals surface area contributed by atoms with E-state index in [4.69, 9.17) is 15.1 Å². The zero-order valence-corrected chi connectivity index (χ0v) is 21.6. The number of aryl methyl sites for hydroxylation is 3. The fraction of sp³-hybridized carbons (Fsp3) is 0.321. The van der Waals surface area contributed by atoms with E-state index in [1.807, 2.05) is 32.0 Å². The van der Waals surface area contributed by atoms with Gasteiger partial charge in [-0.3, -0.25) is 9.59 Å². The van der Waals surface area contributed by atoms with Gasteiger partial charge in [0.2, 0.25) is 0 Å². The molecule has 0 spiro atoms. The van der Waals surface area contributed by atoms with Crippen LogP contribution in [0.4, 0.5) is 11.4 Å². The Bertz CT molecular complexity index is 1450. The average molecular weight is 503 g/mol. The van der Waals surface area contributed by atoms with Gasteiger partial charge < -0.3 is 20.8 Å². The van der Waals surface area contributed by atoms with Crippen LogP contribution in [0.1, 0.15) is 69.0 Å². The highest BCUT2D eigenvalue weighted by Gasteiger charge is 2.28. The van der Waals surface area contributed by atoms with Crippen molar-refractivity contribution in [3.8, 4) is 11.3 Å². The van der Waals surface area contributed by atoms with E-state index >= 15 is 0 Å². The number of aromatic nitrogens is 1. The number of nitrogens with zero attached hydrogens (tertiary/aromatic N) is 1. The summed E-state index contributed by atoms with van der Waals surface area (Å²) in [6.07, 6.45) is 6.97. The van der Waals surface area contributed by atoms with Gasteiger partial charge in [0.05, 0.1) is 23.2 Å². The predicted octanol–water partition coefficient (Wildman–Crippen LogP) is 6.38. The SMILES string of the molecule is Cc1ccc(NC(=O)c2c(C)nc3sc(C(=O)NC4CCCCC4)c(N)c3c2-c2ccco2)c(C)c1. The number of fused-ring (bicyclic) bond motifs is 1. The van der Waals surface area contributed by atoms with Crippen LogP contribution >= 0.6 is 11.3 Å². The third-order valence-electron chi connectivity index (χ3n) is 6.83. The Morgan fingerprint density at radius 3 is 2.56 bits per heavy atom. The first-order chi connectivity index (χ1) is 17.3. The lowest BCUT2D eigenvalue weighted by Crippen LogP contribution is -2.36. The molecule has 0 unspecified atom stereocenters. The molecule has 36 heavy (non-hydrogen) atoms. The second-order valence-corrected chi connectivity index (χ2v) is 10.5. The van der Waals surface area contributed by atoms with Crippen molar-refractivity contribution in [1.29, 1.82) is 0 Å². The zero-order chi connectivity index (χ0) is 25.4. The highest BCUT2D eigenvalue weighted by atomic mass is 32.1. The number of nitrogens with one attached hydrogen (secondary N) is 2. The number of thiophene rings is 1. The van der Waals surface area contributed by atoms with Crippen molar-refractivity contribution in [1.82, 2.24) is 10.3 Å². The second kappa shape index (κ2) is 9.78. The van der Waals surface area contributed by atoms with Gasteiger partial charge in [0.15, 0.2) is 0 Å². The van der Waals surface area contributed by atoms with Gasteiger partial charge in [-0.2, -0.15) is 0 Å². The number of rotatable bonds is 5. The van der Waals surface area contributed by atoms with Crippen molar-refractivity contribution in [3.05, 3.63) is 63.9 Å². The van der Waals surface area contributed by atoms with Crippen LogP contribution in [0.5, 0.6) is 0 Å². The van der Waals surface area contributed by atoms with E-state index in [-0.39, 0.29) is 17.9 Å². The number of hydrogen-bond donors (Lipinski definition) is 3. The molecule has 3 aromatic heterocycles. The standard InChI is InChI=1S/C28H30N4O3S/c1-15-11-12-19(16(2)14-15)32-26(33)21-17(3)30-28-23(22(21)20-10-7-13-35-20)24(29)25(36-28)27(34)31-18-8-5-4-6-9-18/h7,10-14,18H,4-6,8-9,29H2,1-3H3,(H,31,34)(H,32,33). The highest BCUT2D eigenvalue weighted by Crippen LogP contribution is 2.42. The number of amides is 2. The number of nitrogens with two attached hydrogens (primary N) is 1. The Morgan fingerprint density at radius 2 is 1.86 bits per heavy atom. The molecule has 7 nitrogen and oxygen atoms in total. The van der Waals surface area contributed by atoms with E-state index < -0.39 is 0 Å². The predicted molar refractivity (Wildman–Crippen MR) is 145 cm³/mol. The molecule has 4 aromatic rings. The number of benzene rings is 1. The zero-order valence-electron chi connectivity index (χ0n) is 20.7. The van der Waals surface area contributed by atoms with Crippen LogP contribution < -0.4 is 16.4 Å². The van der Waals surface area contributed by atoms with Crippen LogP contribution in [0.25, 0.3) is 21.5 Å². The topological polar surface area (TPSA) is 110 Å². The van der Waals surface area contributed by atoms with Gasteiger partial charge in [-0.15, -0.1) is 11.3 Å². The van der Waals surface area contributed by atoms with Crippen LogP contribution in [0, 0.1) is 20.8 Å². The molecule has 0 bridgehead atoms. The van der Waals surface area contributed by atoms with Crippen molar-refractivity contribution >= 4 is 44.7 Å². The molecule has 1 fully saturated rings. The van der Waals surface area contributed by atoms with Crippen LogP contribution in [-0.2, 0) is 0 Å². The molecular weight excluding hydrogens is 472 g/mol. The second-order valence-electron chi connectivity index (χ2n) is 9.53. The Kier molecular flexibility index (Phi) is 6.53. The number of furan rings is 1. The Balaban J connectivity index is 1.60. The van der Waals surface area contributed by atoms with Gasteiger partial charge in [0.1, 0.15) is 15.5 Å². The lowest BCUT2D eigenvalue weighted by Gasteiger charge is -2.22. The van der Waals surface area contributed by atoms with E-state index in [2.05, 4.69) is 10.6 Å². The number of anilines is 2. The molecule has 0 atom stereocenters. The van der Waals surface area contributed by atoms with Crippen LogP contribution in [0.3, 0.4) is 0 Å². The summed E-state index contributed by atoms with van der Waals surface area (Å²) in [7, 11) is 0. The maximum atomic E-state index is 13.6. The van der Waals surface area contributed by atoms with Crippen molar-refractivity contribution in [2.24, 2.45) is 0 Å². The van der Waals surface area contributed by atoms with E-state index in [0.29, 0.717) is 43.4 Å². The molecule has 1 aromatic carbocycles. The third kappa shape index (κ3) is 4.48. The molecule has 186 valence electrons. The minimum absolute atomic E-state index is 0.161. The van der Waals surface area contributed by atoms with E-state index in [9.17, 15) is 9.59 Å². The van der Waals surface area contributed by atoms with Crippen molar-refractivity contribution < 1.29 is 14.0 Å². The molecule has 1 aliphatic rings. The summed E-state index contributed by atoms with van der Waals surface area (Å²) < 4.78 is 5.75. The van der Waals surface area contributed by atoms with Crippen molar-refractivity contribution in [2.45, 2.75) is 58.9 Å². The molecule has 5 rings (SSSR count). The van der Waals surface area contributed by atoms with Gasteiger partial charge in [-0.25, -0.2) is 4.98 Å².